The Labute approximate surface area is 165 Å². The molecule has 0 radical (unpaired) electrons. The number of hydrogen-bond donors (Lipinski definition) is 4. The van der Waals surface area contributed by atoms with Crippen LogP contribution in [0.1, 0.15) is 33.2 Å². The Kier molecular flexibility index (Phi) is 5.89. The van der Waals surface area contributed by atoms with E-state index in [1.54, 1.807) is 11.5 Å². The first-order chi connectivity index (χ1) is 13.7. The average molecular weight is 409 g/mol. The Balaban J connectivity index is 2.12. The molecule has 8 nitrogen and oxygen atoms in total. The van der Waals surface area contributed by atoms with Crippen molar-refractivity contribution in [1.82, 2.24) is 19.5 Å². The van der Waals surface area contributed by atoms with E-state index in [2.05, 4.69) is 25.6 Å². The van der Waals surface area contributed by atoms with Crippen LogP contribution < -0.4 is 16.4 Å². The van der Waals surface area contributed by atoms with E-state index in [-0.39, 0.29) is 18.4 Å². The van der Waals surface area contributed by atoms with Crippen molar-refractivity contribution in [2.24, 2.45) is 5.73 Å². The molecular formula is C18H22F3N7O. The fourth-order valence-electron chi connectivity index (χ4n) is 2.95. The van der Waals surface area contributed by atoms with Gasteiger partial charge in [-0.25, -0.2) is 23.1 Å². The number of benzene rings is 1. The van der Waals surface area contributed by atoms with Gasteiger partial charge in [0.1, 0.15) is 23.2 Å². The van der Waals surface area contributed by atoms with Gasteiger partial charge in [-0.05, 0) is 20.8 Å². The highest BCUT2D eigenvalue weighted by Crippen LogP contribution is 2.30. The molecule has 2 aromatic heterocycles. The molecule has 29 heavy (non-hydrogen) atoms. The first-order valence-corrected chi connectivity index (χ1v) is 9.02. The van der Waals surface area contributed by atoms with Gasteiger partial charge in [0, 0.05) is 30.6 Å². The van der Waals surface area contributed by atoms with Gasteiger partial charge in [-0.15, -0.1) is 0 Å². The van der Waals surface area contributed by atoms with Crippen LogP contribution >= 0.6 is 0 Å². The molecule has 2 unspecified atom stereocenters. The number of aliphatic hydroxyl groups is 1. The fraction of sp³-hybridized carbons (Fsp3) is 0.389. The van der Waals surface area contributed by atoms with Gasteiger partial charge in [0.15, 0.2) is 17.3 Å². The summed E-state index contributed by atoms with van der Waals surface area (Å²) in [4.78, 5) is 12.9. The zero-order valence-electron chi connectivity index (χ0n) is 16.1. The first-order valence-electron chi connectivity index (χ1n) is 9.02. The van der Waals surface area contributed by atoms with Gasteiger partial charge in [-0.3, -0.25) is 4.57 Å². The van der Waals surface area contributed by atoms with E-state index in [4.69, 9.17) is 5.73 Å². The van der Waals surface area contributed by atoms with E-state index in [1.807, 2.05) is 13.8 Å². The lowest BCUT2D eigenvalue weighted by atomic mass is 10.2. The van der Waals surface area contributed by atoms with E-state index in [9.17, 15) is 18.3 Å². The summed E-state index contributed by atoms with van der Waals surface area (Å²) >= 11 is 0. The number of rotatable bonds is 7. The molecule has 2 atom stereocenters. The van der Waals surface area contributed by atoms with Crippen LogP contribution in [0.5, 0.6) is 0 Å². The number of aromatic nitrogens is 4. The minimum absolute atomic E-state index is 0.0496. The van der Waals surface area contributed by atoms with E-state index < -0.39 is 35.4 Å². The Hall–Kier alpha value is -2.92. The molecule has 1 aromatic carbocycles. The summed E-state index contributed by atoms with van der Waals surface area (Å²) in [6.45, 7) is 5.59. The van der Waals surface area contributed by atoms with Crippen molar-refractivity contribution in [3.63, 3.8) is 0 Å². The van der Waals surface area contributed by atoms with Gasteiger partial charge in [0.25, 0.3) is 0 Å². The second kappa shape index (κ2) is 8.21. The van der Waals surface area contributed by atoms with Gasteiger partial charge >= 0.3 is 0 Å². The highest BCUT2D eigenvalue weighted by atomic mass is 19.1. The fourth-order valence-corrected chi connectivity index (χ4v) is 2.95. The van der Waals surface area contributed by atoms with Crippen LogP contribution in [0.3, 0.4) is 0 Å². The number of nitrogens with two attached hydrogens (primary N) is 1. The molecule has 0 bridgehead atoms. The van der Waals surface area contributed by atoms with Crippen molar-refractivity contribution in [2.45, 2.75) is 45.5 Å². The maximum Gasteiger partial charge on any atom is 0.224 e. The summed E-state index contributed by atoms with van der Waals surface area (Å²) in [5, 5.41) is 15.2. The van der Waals surface area contributed by atoms with Crippen molar-refractivity contribution in [2.75, 3.05) is 10.6 Å². The second-order valence-electron chi connectivity index (χ2n) is 7.03. The molecule has 3 aromatic rings. The molecule has 0 saturated heterocycles. The van der Waals surface area contributed by atoms with Gasteiger partial charge < -0.3 is 21.5 Å². The Bertz CT molecular complexity index is 999. The molecule has 0 spiro atoms. The molecule has 0 fully saturated rings. The lowest BCUT2D eigenvalue weighted by molar-refractivity contribution is 0.155. The van der Waals surface area contributed by atoms with Gasteiger partial charge in [0.2, 0.25) is 11.9 Å². The normalized spacial score (nSPS) is 13.7. The number of fused-ring (bicyclic) bond motifs is 1. The number of nitrogens with zero attached hydrogens (tertiary/aromatic N) is 4. The minimum Gasteiger partial charge on any atom is -0.379 e. The molecule has 156 valence electrons. The topological polar surface area (TPSA) is 114 Å². The number of hydrogen-bond acceptors (Lipinski definition) is 7. The summed E-state index contributed by atoms with van der Waals surface area (Å²) in [6.07, 6.45) is 0.480. The molecular weight excluding hydrogens is 387 g/mol. The van der Waals surface area contributed by atoms with E-state index in [0.29, 0.717) is 29.2 Å². The van der Waals surface area contributed by atoms with Gasteiger partial charge in [-0.2, -0.15) is 4.98 Å². The highest BCUT2D eigenvalue weighted by molar-refractivity contribution is 5.76. The summed E-state index contributed by atoms with van der Waals surface area (Å²) < 4.78 is 43.0. The third-order valence-electron chi connectivity index (χ3n) is 4.12. The van der Waals surface area contributed by atoms with Crippen molar-refractivity contribution in [3.8, 4) is 0 Å². The third kappa shape index (κ3) is 4.57. The quantitative estimate of drug-likeness (QED) is 0.444. The smallest absolute Gasteiger partial charge is 0.224 e. The predicted molar refractivity (Wildman–Crippen MR) is 103 cm³/mol. The number of aliphatic hydroxyl groups excluding tert-OH is 1. The SMILES string of the molecule is CC(C)Nc1ncc2nc(Nc3c(F)cc(F)cc3F)n(C(C)CC(N)O)c2n1. The predicted octanol–water partition coefficient (Wildman–Crippen LogP) is 3.04. The first kappa shape index (κ1) is 20.8. The molecule has 0 saturated carbocycles. The Morgan fingerprint density at radius 2 is 1.79 bits per heavy atom. The maximum atomic E-state index is 14.1. The third-order valence-corrected chi connectivity index (χ3v) is 4.12. The number of halogens is 3. The van der Waals surface area contributed by atoms with Crippen molar-refractivity contribution in [1.29, 1.82) is 0 Å². The lowest BCUT2D eigenvalue weighted by Gasteiger charge is -2.19. The van der Waals surface area contributed by atoms with E-state index in [0.717, 1.165) is 0 Å². The van der Waals surface area contributed by atoms with Crippen molar-refractivity contribution >= 4 is 28.7 Å². The van der Waals surface area contributed by atoms with Crippen LogP contribution in [-0.4, -0.2) is 36.9 Å². The number of nitrogens with one attached hydrogen (secondary N) is 2. The van der Waals surface area contributed by atoms with Crippen LogP contribution in [0, 0.1) is 17.5 Å². The Morgan fingerprint density at radius 1 is 1.14 bits per heavy atom. The van der Waals surface area contributed by atoms with Crippen molar-refractivity contribution < 1.29 is 18.3 Å². The van der Waals surface area contributed by atoms with Crippen LogP contribution in [0.2, 0.25) is 0 Å². The highest BCUT2D eigenvalue weighted by Gasteiger charge is 2.22. The van der Waals surface area contributed by atoms with Gasteiger partial charge in [-0.1, -0.05) is 0 Å². The summed E-state index contributed by atoms with van der Waals surface area (Å²) in [5.41, 5.74) is 5.68. The van der Waals surface area contributed by atoms with Crippen LogP contribution in [0.25, 0.3) is 11.2 Å². The molecule has 0 aliphatic carbocycles. The zero-order chi connectivity index (χ0) is 21.3. The zero-order valence-corrected chi connectivity index (χ0v) is 16.1. The molecule has 5 N–H and O–H groups in total. The molecule has 2 heterocycles. The van der Waals surface area contributed by atoms with Crippen molar-refractivity contribution in [3.05, 3.63) is 35.8 Å². The monoisotopic (exact) mass is 409 g/mol. The summed E-state index contributed by atoms with van der Waals surface area (Å²) in [5.74, 6) is -2.86. The second-order valence-corrected chi connectivity index (χ2v) is 7.03. The molecule has 0 amide bonds. The maximum absolute atomic E-state index is 14.1. The van der Waals surface area contributed by atoms with Crippen LogP contribution in [0.4, 0.5) is 30.8 Å². The average Bonchev–Trinajstić information content (AvgIpc) is 2.94. The minimum atomic E-state index is -1.12. The standard InChI is InChI=1S/C18H22F3N7O/c1-8(2)24-17-23-7-13-16(27-17)28(9(3)4-14(22)29)18(25-13)26-15-11(20)5-10(19)6-12(15)21/h5-9,14,29H,4,22H2,1-3H3,(H,25,26)(H,23,24,27). The number of imidazole rings is 1. The lowest BCUT2D eigenvalue weighted by Crippen LogP contribution is -2.24. The van der Waals surface area contributed by atoms with Gasteiger partial charge in [0.05, 0.1) is 6.20 Å². The number of anilines is 3. The summed E-state index contributed by atoms with van der Waals surface area (Å²) in [7, 11) is 0. The van der Waals surface area contributed by atoms with Crippen LogP contribution in [0.15, 0.2) is 18.3 Å². The van der Waals surface area contributed by atoms with E-state index in [1.165, 1.54) is 6.20 Å². The molecule has 0 aliphatic heterocycles. The molecule has 11 heteroatoms. The summed E-state index contributed by atoms with van der Waals surface area (Å²) in [6, 6.07) is 0.772. The van der Waals surface area contributed by atoms with Crippen LogP contribution in [-0.2, 0) is 0 Å². The molecule has 0 aliphatic rings. The van der Waals surface area contributed by atoms with E-state index >= 15 is 0 Å². The largest absolute Gasteiger partial charge is 0.379 e. The Morgan fingerprint density at radius 3 is 2.38 bits per heavy atom. The molecule has 3 rings (SSSR count).